The van der Waals surface area contributed by atoms with Gasteiger partial charge in [0.05, 0.1) is 0 Å². The molecule has 2 rings (SSSR count). The van der Waals surface area contributed by atoms with Crippen LogP contribution in [0.1, 0.15) is 189 Å². The van der Waals surface area contributed by atoms with Crippen molar-refractivity contribution in [3.8, 4) is 12.8 Å². The summed E-state index contributed by atoms with van der Waals surface area (Å²) in [5.41, 5.74) is 8.54. The molecule has 0 saturated heterocycles. The van der Waals surface area contributed by atoms with E-state index in [0.717, 1.165) is 24.2 Å². The van der Waals surface area contributed by atoms with Crippen LogP contribution in [0.25, 0.3) is 5.57 Å². The van der Waals surface area contributed by atoms with E-state index in [1.165, 1.54) is 72.0 Å². The number of hydrogen-bond donors (Lipinski definition) is 0. The zero-order chi connectivity index (χ0) is 41.4. The Kier molecular flexibility index (Phi) is 51.3. The smallest absolute Gasteiger partial charge is 0.0187 e. The van der Waals surface area contributed by atoms with Crippen molar-refractivity contribution < 1.29 is 0 Å². The number of allylic oxidation sites excluding steroid dienone is 11. The van der Waals surface area contributed by atoms with E-state index in [-0.39, 0.29) is 0 Å². The molecule has 0 amide bonds. The van der Waals surface area contributed by atoms with Crippen molar-refractivity contribution >= 4 is 5.57 Å². The normalized spacial score (nSPS) is 14.8. The van der Waals surface area contributed by atoms with E-state index >= 15 is 0 Å². The predicted octanol–water partition coefficient (Wildman–Crippen LogP) is 18.1. The molecular weight excluding hydrogens is 613 g/mol. The molecule has 2 atom stereocenters. The van der Waals surface area contributed by atoms with Crippen LogP contribution in [0.15, 0.2) is 95.7 Å². The van der Waals surface area contributed by atoms with Crippen LogP contribution in [-0.4, -0.2) is 0 Å². The fraction of sp³-hybridized carbons (Fsp3) is 0.608. The third-order valence-corrected chi connectivity index (χ3v) is 8.41. The summed E-state index contributed by atoms with van der Waals surface area (Å²) in [6.07, 6.45) is 30.0. The summed E-state index contributed by atoms with van der Waals surface area (Å²) in [4.78, 5) is 0. The summed E-state index contributed by atoms with van der Waals surface area (Å²) in [7, 11) is 0. The molecule has 1 aromatic carbocycles. The Labute approximate surface area is 325 Å². The van der Waals surface area contributed by atoms with E-state index in [2.05, 4.69) is 156 Å². The molecule has 0 aliphatic heterocycles. The molecule has 1 aromatic rings. The van der Waals surface area contributed by atoms with E-state index in [0.29, 0.717) is 5.41 Å². The van der Waals surface area contributed by atoms with Gasteiger partial charge in [-0.2, -0.15) is 0 Å². The van der Waals surface area contributed by atoms with Crippen molar-refractivity contribution in [2.45, 2.75) is 183 Å². The average Bonchev–Trinajstić information content (AvgIpc) is 3.16. The minimum absolute atomic E-state index is 0.391. The number of benzene rings is 1. The quantitative estimate of drug-likeness (QED) is 0.136. The van der Waals surface area contributed by atoms with Crippen molar-refractivity contribution in [1.82, 2.24) is 0 Å². The van der Waals surface area contributed by atoms with E-state index in [4.69, 9.17) is 0 Å². The standard InChI is InChI=1S/C22H36.C12H14.C7H16.4C2H6.C2H2/c1-8-9-10-11-12-19(17(2)3)15-20-16-21(22(5,6)7)14-13-18(20)4;1-3-8-11(4-2)12-9-6-5-7-10-12;1-5-7(4)6(2)3;5*1-2/h11-12,15,21H,4,8-10,13-14,16H2,1-3,5-7H3;3-10H,1-2H3;6-7H,5H2,1-4H3;4*1-2H3;1-2H/b12-11+,20-15-;8-3-,11-4+;;;;;;. The molecule has 0 heteroatoms. The summed E-state index contributed by atoms with van der Waals surface area (Å²) < 4.78 is 0. The summed E-state index contributed by atoms with van der Waals surface area (Å²) in [6, 6.07) is 10.4. The van der Waals surface area contributed by atoms with E-state index < -0.39 is 0 Å². The SMILES string of the molecule is C#C.C/C=C\C(=C/C)c1ccccc1.C=C1CCC(C(C)(C)C)C/C1=C/C(/C=C/CCCC)=C(C)C.CC.CC.CC.CC.CCC(C)C(C)C. The number of rotatable bonds is 9. The maximum Gasteiger partial charge on any atom is -0.0187 e. The van der Waals surface area contributed by atoms with Crippen molar-refractivity contribution in [3.63, 3.8) is 0 Å². The van der Waals surface area contributed by atoms with Gasteiger partial charge in [0, 0.05) is 0 Å². The highest BCUT2D eigenvalue weighted by molar-refractivity contribution is 5.73. The van der Waals surface area contributed by atoms with Gasteiger partial charge in [0.15, 0.2) is 0 Å². The Hall–Kier alpha value is -2.78. The van der Waals surface area contributed by atoms with Crippen LogP contribution >= 0.6 is 0 Å². The second-order valence-corrected chi connectivity index (χ2v) is 13.3. The van der Waals surface area contributed by atoms with Crippen LogP contribution in [0.3, 0.4) is 0 Å². The third kappa shape index (κ3) is 34.1. The predicted molar refractivity (Wildman–Crippen MR) is 246 cm³/mol. The summed E-state index contributed by atoms with van der Waals surface area (Å²) in [5, 5.41) is 0. The zero-order valence-corrected chi connectivity index (χ0v) is 38.4. The monoisotopic (exact) mass is 705 g/mol. The Morgan fingerprint density at radius 3 is 1.73 bits per heavy atom. The molecule has 0 heterocycles. The van der Waals surface area contributed by atoms with E-state index in [9.17, 15) is 0 Å². The van der Waals surface area contributed by atoms with Gasteiger partial charge in [-0.1, -0.05) is 215 Å². The molecule has 1 aliphatic rings. The van der Waals surface area contributed by atoms with Gasteiger partial charge >= 0.3 is 0 Å². The van der Waals surface area contributed by atoms with E-state index in [1.807, 2.05) is 68.4 Å². The van der Waals surface area contributed by atoms with Crippen LogP contribution in [0.5, 0.6) is 0 Å². The minimum atomic E-state index is 0.391. The first kappa shape index (κ1) is 60.3. The third-order valence-electron chi connectivity index (χ3n) is 8.41. The fourth-order valence-electron chi connectivity index (χ4n) is 4.64. The molecule has 0 bridgehead atoms. The first-order valence-corrected chi connectivity index (χ1v) is 20.7. The van der Waals surface area contributed by atoms with Crippen LogP contribution in [0.4, 0.5) is 0 Å². The van der Waals surface area contributed by atoms with Gasteiger partial charge in [0.25, 0.3) is 0 Å². The van der Waals surface area contributed by atoms with Crippen LogP contribution in [0.2, 0.25) is 0 Å². The van der Waals surface area contributed by atoms with Gasteiger partial charge < -0.3 is 0 Å². The lowest BCUT2D eigenvalue weighted by Gasteiger charge is -2.36. The molecule has 0 nitrogen and oxygen atoms in total. The highest BCUT2D eigenvalue weighted by Gasteiger charge is 2.29. The first-order valence-electron chi connectivity index (χ1n) is 20.7. The number of terminal acetylenes is 1. The zero-order valence-electron chi connectivity index (χ0n) is 38.4. The molecule has 0 aromatic heterocycles. The fourth-order valence-corrected chi connectivity index (χ4v) is 4.64. The summed E-state index contributed by atoms with van der Waals surface area (Å²) in [6.45, 7) is 47.3. The van der Waals surface area contributed by atoms with Gasteiger partial charge in [-0.15, -0.1) is 12.8 Å². The Morgan fingerprint density at radius 1 is 0.863 bits per heavy atom. The maximum atomic E-state index is 4.32. The second-order valence-electron chi connectivity index (χ2n) is 13.3. The van der Waals surface area contributed by atoms with Gasteiger partial charge in [0.1, 0.15) is 0 Å². The number of hydrogen-bond acceptors (Lipinski definition) is 0. The highest BCUT2D eigenvalue weighted by Crippen LogP contribution is 2.42. The summed E-state index contributed by atoms with van der Waals surface area (Å²) >= 11 is 0. The summed E-state index contributed by atoms with van der Waals surface area (Å²) in [5.74, 6) is 2.54. The average molecular weight is 705 g/mol. The Balaban J connectivity index is -0.000000147. The highest BCUT2D eigenvalue weighted by atomic mass is 14.3. The lowest BCUT2D eigenvalue weighted by Crippen LogP contribution is -2.24. The van der Waals surface area contributed by atoms with Crippen molar-refractivity contribution in [2.24, 2.45) is 23.2 Å². The molecule has 1 aliphatic carbocycles. The molecule has 51 heavy (non-hydrogen) atoms. The lowest BCUT2D eigenvalue weighted by molar-refractivity contribution is 0.215. The van der Waals surface area contributed by atoms with Crippen LogP contribution in [-0.2, 0) is 0 Å². The van der Waals surface area contributed by atoms with Gasteiger partial charge in [-0.3, -0.25) is 0 Å². The van der Waals surface area contributed by atoms with E-state index in [1.54, 1.807) is 0 Å². The minimum Gasteiger partial charge on any atom is -0.124 e. The molecule has 0 N–H and O–H groups in total. The molecule has 296 valence electrons. The topological polar surface area (TPSA) is 0 Å². The second kappa shape index (κ2) is 43.4. The van der Waals surface area contributed by atoms with Gasteiger partial charge in [-0.25, -0.2) is 0 Å². The van der Waals surface area contributed by atoms with Crippen molar-refractivity contribution in [1.29, 1.82) is 0 Å². The largest absolute Gasteiger partial charge is 0.124 e. The Bertz CT molecular complexity index is 1040. The lowest BCUT2D eigenvalue weighted by atomic mass is 9.69. The number of unbranched alkanes of at least 4 members (excludes halogenated alkanes) is 2. The van der Waals surface area contributed by atoms with Crippen molar-refractivity contribution in [3.05, 3.63) is 101 Å². The van der Waals surface area contributed by atoms with Gasteiger partial charge in [0.2, 0.25) is 0 Å². The van der Waals surface area contributed by atoms with Crippen molar-refractivity contribution in [2.75, 3.05) is 0 Å². The first-order chi connectivity index (χ1) is 24.3. The molecule has 0 spiro atoms. The molecular formula is C51H92. The molecule has 1 fully saturated rings. The maximum absolute atomic E-state index is 4.32. The van der Waals surface area contributed by atoms with Crippen LogP contribution in [0, 0.1) is 36.0 Å². The molecule has 0 radical (unpaired) electrons. The van der Waals surface area contributed by atoms with Gasteiger partial charge in [-0.05, 0) is 98.8 Å². The van der Waals surface area contributed by atoms with Crippen LogP contribution < -0.4 is 0 Å². The Morgan fingerprint density at radius 2 is 1.37 bits per heavy atom. The molecule has 2 unspecified atom stereocenters. The molecule has 1 saturated carbocycles.